The highest BCUT2D eigenvalue weighted by molar-refractivity contribution is 6.00. The lowest BCUT2D eigenvalue weighted by Gasteiger charge is -2.22. The molecule has 0 N–H and O–H groups in total. The van der Waals surface area contributed by atoms with E-state index >= 15 is 0 Å². The Balaban J connectivity index is 1.60. The summed E-state index contributed by atoms with van der Waals surface area (Å²) in [4.78, 5) is 37.3. The maximum Gasteiger partial charge on any atom is 0.254 e. The fourth-order valence-corrected chi connectivity index (χ4v) is 3.38. The second kappa shape index (κ2) is 8.68. The van der Waals surface area contributed by atoms with Crippen molar-refractivity contribution in [1.82, 2.24) is 24.8 Å². The van der Waals surface area contributed by atoms with Crippen LogP contribution in [0.4, 0.5) is 14.6 Å². The van der Waals surface area contributed by atoms with Crippen LogP contribution >= 0.6 is 0 Å². The summed E-state index contributed by atoms with van der Waals surface area (Å²) in [6.07, 6.45) is 2.95. The van der Waals surface area contributed by atoms with Crippen molar-refractivity contribution in [2.24, 2.45) is 0 Å². The molecule has 4 rings (SSSR count). The molecule has 0 aliphatic carbocycles. The van der Waals surface area contributed by atoms with E-state index in [0.29, 0.717) is 24.7 Å². The molecule has 1 amide bonds. The molecule has 3 aromatic rings. The smallest absolute Gasteiger partial charge is 0.254 e. The first kappa shape index (κ1) is 20.7. The number of amides is 1. The van der Waals surface area contributed by atoms with Crippen LogP contribution in [-0.2, 0) is 4.84 Å². The Labute approximate surface area is 177 Å². The molecule has 1 aromatic carbocycles. The highest BCUT2D eigenvalue weighted by Gasteiger charge is 2.26. The SMILES string of the molecule is Cc1cc(N2CCN(C(=O)c3cc(F)c(F)cc3-c3ncccn3)CCO2)nc(C)n1. The van der Waals surface area contributed by atoms with Gasteiger partial charge >= 0.3 is 0 Å². The van der Waals surface area contributed by atoms with Gasteiger partial charge in [-0.15, -0.1) is 0 Å². The molecule has 1 saturated heterocycles. The van der Waals surface area contributed by atoms with E-state index in [2.05, 4.69) is 19.9 Å². The second-order valence-electron chi connectivity index (χ2n) is 7.03. The fourth-order valence-electron chi connectivity index (χ4n) is 3.38. The van der Waals surface area contributed by atoms with Crippen LogP contribution in [0.15, 0.2) is 36.7 Å². The molecule has 8 nitrogen and oxygen atoms in total. The Kier molecular flexibility index (Phi) is 5.81. The molecule has 1 fully saturated rings. The minimum atomic E-state index is -1.11. The van der Waals surface area contributed by atoms with Gasteiger partial charge < -0.3 is 4.90 Å². The van der Waals surface area contributed by atoms with Crippen molar-refractivity contribution in [3.63, 3.8) is 0 Å². The van der Waals surface area contributed by atoms with Gasteiger partial charge in [0.1, 0.15) is 5.82 Å². The highest BCUT2D eigenvalue weighted by Crippen LogP contribution is 2.25. The van der Waals surface area contributed by atoms with Gasteiger partial charge in [-0.05, 0) is 32.0 Å². The number of nitrogens with zero attached hydrogens (tertiary/aromatic N) is 6. The average Bonchev–Trinajstić information content (AvgIpc) is 3.01. The zero-order valence-corrected chi connectivity index (χ0v) is 17.0. The number of rotatable bonds is 3. The lowest BCUT2D eigenvalue weighted by molar-refractivity contribution is 0.0730. The monoisotopic (exact) mass is 426 g/mol. The summed E-state index contributed by atoms with van der Waals surface area (Å²) in [5.41, 5.74) is 0.929. The minimum Gasteiger partial charge on any atom is -0.334 e. The summed E-state index contributed by atoms with van der Waals surface area (Å²) >= 11 is 0. The van der Waals surface area contributed by atoms with Crippen LogP contribution in [0.2, 0.25) is 0 Å². The third-order valence-electron chi connectivity index (χ3n) is 4.77. The van der Waals surface area contributed by atoms with E-state index < -0.39 is 17.5 Å². The number of hydroxylamine groups is 1. The molecule has 0 spiro atoms. The Morgan fingerprint density at radius 2 is 1.74 bits per heavy atom. The maximum absolute atomic E-state index is 14.0. The fraction of sp³-hybridized carbons (Fsp3) is 0.286. The molecule has 0 bridgehead atoms. The van der Waals surface area contributed by atoms with Crippen molar-refractivity contribution >= 4 is 11.7 Å². The summed E-state index contributed by atoms with van der Waals surface area (Å²) in [6.45, 7) is 4.79. The van der Waals surface area contributed by atoms with E-state index in [1.165, 1.54) is 17.3 Å². The third-order valence-corrected chi connectivity index (χ3v) is 4.77. The molecular formula is C21H20F2N6O2. The molecule has 1 aliphatic rings. The Bertz CT molecular complexity index is 1090. The maximum atomic E-state index is 14.0. The van der Waals surface area contributed by atoms with Gasteiger partial charge in [0.2, 0.25) is 0 Å². The summed E-state index contributed by atoms with van der Waals surface area (Å²) in [5.74, 6) is -1.27. The van der Waals surface area contributed by atoms with Crippen molar-refractivity contribution in [2.75, 3.05) is 31.3 Å². The number of hydrogen-bond donors (Lipinski definition) is 0. The normalized spacial score (nSPS) is 14.5. The summed E-state index contributed by atoms with van der Waals surface area (Å²) in [6, 6.07) is 5.24. The quantitative estimate of drug-likeness (QED) is 0.637. The van der Waals surface area contributed by atoms with Crippen molar-refractivity contribution in [2.45, 2.75) is 13.8 Å². The van der Waals surface area contributed by atoms with Crippen LogP contribution < -0.4 is 5.06 Å². The van der Waals surface area contributed by atoms with Gasteiger partial charge in [-0.25, -0.2) is 33.8 Å². The van der Waals surface area contributed by atoms with Crippen LogP contribution in [0.5, 0.6) is 0 Å². The standard InChI is InChI=1S/C21H20F2N6O2/c1-13-10-19(27-14(2)26-13)29-7-6-28(8-9-31-29)21(30)16-12-18(23)17(22)11-15(16)20-24-4-3-5-25-20/h3-5,10-12H,6-9H2,1-2H3. The van der Waals surface area contributed by atoms with Crippen molar-refractivity contribution < 1.29 is 18.4 Å². The molecule has 3 heterocycles. The number of carbonyl (C=O) groups excluding carboxylic acids is 1. The van der Waals surface area contributed by atoms with Gasteiger partial charge in [-0.3, -0.25) is 9.63 Å². The molecule has 2 aromatic heterocycles. The van der Waals surface area contributed by atoms with Gasteiger partial charge in [0.25, 0.3) is 5.91 Å². The van der Waals surface area contributed by atoms with Crippen molar-refractivity contribution in [1.29, 1.82) is 0 Å². The van der Waals surface area contributed by atoms with Gasteiger partial charge in [0.15, 0.2) is 23.3 Å². The molecule has 1 aliphatic heterocycles. The minimum absolute atomic E-state index is 0.00715. The molecule has 0 saturated carbocycles. The lowest BCUT2D eigenvalue weighted by atomic mass is 10.0. The first-order valence-corrected chi connectivity index (χ1v) is 9.71. The Hall–Kier alpha value is -3.53. The van der Waals surface area contributed by atoms with Gasteiger partial charge in [-0.1, -0.05) is 0 Å². The van der Waals surface area contributed by atoms with Gasteiger partial charge in [-0.2, -0.15) is 0 Å². The highest BCUT2D eigenvalue weighted by atomic mass is 19.2. The number of hydrogen-bond acceptors (Lipinski definition) is 7. The molecule has 160 valence electrons. The summed E-state index contributed by atoms with van der Waals surface area (Å²) < 4.78 is 27.9. The molecule has 0 radical (unpaired) electrons. The topological polar surface area (TPSA) is 84.3 Å². The number of anilines is 1. The van der Waals surface area contributed by atoms with E-state index in [4.69, 9.17) is 4.84 Å². The van der Waals surface area contributed by atoms with Gasteiger partial charge in [0, 0.05) is 42.8 Å². The van der Waals surface area contributed by atoms with E-state index in [9.17, 15) is 13.6 Å². The number of carbonyl (C=O) groups is 1. The van der Waals surface area contributed by atoms with E-state index in [1.807, 2.05) is 6.92 Å². The van der Waals surface area contributed by atoms with Crippen LogP contribution in [0.25, 0.3) is 11.4 Å². The zero-order valence-electron chi connectivity index (χ0n) is 17.0. The number of halogens is 2. The Morgan fingerprint density at radius 3 is 2.48 bits per heavy atom. The van der Waals surface area contributed by atoms with Crippen LogP contribution in [0.1, 0.15) is 21.9 Å². The second-order valence-corrected chi connectivity index (χ2v) is 7.03. The lowest BCUT2D eigenvalue weighted by Crippen LogP contribution is -2.36. The predicted molar refractivity (Wildman–Crippen MR) is 108 cm³/mol. The number of aromatic nitrogens is 4. The van der Waals surface area contributed by atoms with Crippen molar-refractivity contribution in [3.05, 3.63) is 65.4 Å². The first-order valence-electron chi connectivity index (χ1n) is 9.71. The zero-order chi connectivity index (χ0) is 22.0. The van der Waals surface area contributed by atoms with E-state index in [1.54, 1.807) is 24.1 Å². The van der Waals surface area contributed by atoms with Crippen LogP contribution in [0.3, 0.4) is 0 Å². The largest absolute Gasteiger partial charge is 0.334 e. The molecule has 0 unspecified atom stereocenters. The van der Waals surface area contributed by atoms with E-state index in [0.717, 1.165) is 17.8 Å². The summed E-state index contributed by atoms with van der Waals surface area (Å²) in [5, 5.41) is 1.61. The van der Waals surface area contributed by atoms with Gasteiger partial charge in [0.05, 0.1) is 18.7 Å². The van der Waals surface area contributed by atoms with Crippen LogP contribution in [-0.4, -0.2) is 57.0 Å². The number of benzene rings is 1. The average molecular weight is 426 g/mol. The molecule has 0 atom stereocenters. The van der Waals surface area contributed by atoms with E-state index in [-0.39, 0.29) is 30.1 Å². The summed E-state index contributed by atoms with van der Waals surface area (Å²) in [7, 11) is 0. The molecular weight excluding hydrogens is 406 g/mol. The molecule has 10 heteroatoms. The molecule has 31 heavy (non-hydrogen) atoms. The third kappa shape index (κ3) is 4.48. The van der Waals surface area contributed by atoms with Crippen molar-refractivity contribution in [3.8, 4) is 11.4 Å². The predicted octanol–water partition coefficient (Wildman–Crippen LogP) is 2.72. The van der Waals surface area contributed by atoms with Crippen LogP contribution in [0, 0.1) is 25.5 Å². The first-order chi connectivity index (χ1) is 14.9. The number of aryl methyl sites for hydroxylation is 2. The Morgan fingerprint density at radius 1 is 1.00 bits per heavy atom.